The van der Waals surface area contributed by atoms with Crippen molar-refractivity contribution in [3.63, 3.8) is 0 Å². The van der Waals surface area contributed by atoms with Crippen molar-refractivity contribution in [3.05, 3.63) is 59.2 Å². The van der Waals surface area contributed by atoms with Gasteiger partial charge in [-0.3, -0.25) is 4.79 Å². The van der Waals surface area contributed by atoms with Crippen LogP contribution in [0.25, 0.3) is 11.3 Å². The molecular formula is C19H16N2O3S. The summed E-state index contributed by atoms with van der Waals surface area (Å²) >= 11 is 1.34. The quantitative estimate of drug-likeness (QED) is 0.711. The van der Waals surface area contributed by atoms with Crippen molar-refractivity contribution in [2.75, 3.05) is 12.4 Å². The van der Waals surface area contributed by atoms with E-state index >= 15 is 0 Å². The molecule has 0 aliphatic rings. The highest BCUT2D eigenvalue weighted by molar-refractivity contribution is 7.14. The summed E-state index contributed by atoms with van der Waals surface area (Å²) in [5.74, 6) is 2.15. The van der Waals surface area contributed by atoms with E-state index in [0.717, 1.165) is 22.8 Å². The minimum Gasteiger partial charge on any atom is -0.497 e. The van der Waals surface area contributed by atoms with Crippen molar-refractivity contribution in [1.29, 1.82) is 5.26 Å². The van der Waals surface area contributed by atoms with Crippen LogP contribution < -0.4 is 10.1 Å². The summed E-state index contributed by atoms with van der Waals surface area (Å²) in [4.78, 5) is 12.0. The molecule has 0 fully saturated rings. The van der Waals surface area contributed by atoms with Crippen LogP contribution in [0.3, 0.4) is 0 Å². The normalized spacial score (nSPS) is 10.2. The number of hydrogen-bond donors (Lipinski definition) is 1. The number of rotatable bonds is 6. The summed E-state index contributed by atoms with van der Waals surface area (Å²) in [6.07, 6.45) is 0.785. The first-order chi connectivity index (χ1) is 12.2. The number of benzene rings is 1. The lowest BCUT2D eigenvalue weighted by Crippen LogP contribution is -2.11. The molecule has 0 aliphatic heterocycles. The van der Waals surface area contributed by atoms with Crippen molar-refractivity contribution < 1.29 is 13.9 Å². The first kappa shape index (κ1) is 16.8. The molecule has 0 spiro atoms. The Morgan fingerprint density at radius 2 is 2.04 bits per heavy atom. The van der Waals surface area contributed by atoms with E-state index in [1.807, 2.05) is 36.4 Å². The van der Waals surface area contributed by atoms with Gasteiger partial charge in [0.05, 0.1) is 12.7 Å². The maximum Gasteiger partial charge on any atom is 0.225 e. The lowest BCUT2D eigenvalue weighted by molar-refractivity contribution is -0.116. The molecule has 0 unspecified atom stereocenters. The highest BCUT2D eigenvalue weighted by atomic mass is 32.1. The largest absolute Gasteiger partial charge is 0.497 e. The Morgan fingerprint density at radius 1 is 1.24 bits per heavy atom. The summed E-state index contributed by atoms with van der Waals surface area (Å²) in [5, 5.41) is 14.1. The standard InChI is InChI=1S/C19H16N2O3S/c1-23-15-4-2-13(3-5-15)17-8-6-16(24-17)7-9-18(22)21-19-14(12-20)10-11-25-19/h2-6,8,10-11H,7,9H2,1H3,(H,21,22). The molecule has 0 saturated heterocycles. The molecule has 3 aromatic rings. The molecule has 1 amide bonds. The van der Waals surface area contributed by atoms with Gasteiger partial charge in [0.25, 0.3) is 0 Å². The second kappa shape index (κ2) is 7.69. The van der Waals surface area contributed by atoms with E-state index in [1.165, 1.54) is 11.3 Å². The van der Waals surface area contributed by atoms with Gasteiger partial charge in [0.2, 0.25) is 5.91 Å². The fourth-order valence-electron chi connectivity index (χ4n) is 2.34. The molecule has 126 valence electrons. The van der Waals surface area contributed by atoms with Crippen LogP contribution in [0.1, 0.15) is 17.7 Å². The molecule has 3 rings (SSSR count). The summed E-state index contributed by atoms with van der Waals surface area (Å²) in [6.45, 7) is 0. The van der Waals surface area contributed by atoms with Gasteiger partial charge in [-0.05, 0) is 47.8 Å². The topological polar surface area (TPSA) is 75.3 Å². The summed E-state index contributed by atoms with van der Waals surface area (Å²) in [7, 11) is 1.63. The highest BCUT2D eigenvalue weighted by Gasteiger charge is 2.10. The van der Waals surface area contributed by atoms with Crippen LogP contribution in [0.4, 0.5) is 5.00 Å². The number of hydrogen-bond acceptors (Lipinski definition) is 5. The molecule has 6 heteroatoms. The Balaban J connectivity index is 1.58. The number of amides is 1. The summed E-state index contributed by atoms with van der Waals surface area (Å²) in [5.41, 5.74) is 1.44. The number of furan rings is 1. The van der Waals surface area contributed by atoms with Gasteiger partial charge < -0.3 is 14.5 Å². The average molecular weight is 352 g/mol. The number of methoxy groups -OCH3 is 1. The molecule has 1 aromatic carbocycles. The second-order valence-electron chi connectivity index (χ2n) is 5.32. The predicted molar refractivity (Wildman–Crippen MR) is 96.7 cm³/mol. The number of ether oxygens (including phenoxy) is 1. The van der Waals surface area contributed by atoms with Gasteiger partial charge in [-0.2, -0.15) is 5.26 Å². The van der Waals surface area contributed by atoms with Crippen molar-refractivity contribution in [1.82, 2.24) is 0 Å². The van der Waals surface area contributed by atoms with E-state index in [1.54, 1.807) is 18.6 Å². The van der Waals surface area contributed by atoms with E-state index in [-0.39, 0.29) is 5.91 Å². The predicted octanol–water partition coefficient (Wildman–Crippen LogP) is 4.46. The third-order valence-corrected chi connectivity index (χ3v) is 4.50. The van der Waals surface area contributed by atoms with Gasteiger partial charge in [-0.25, -0.2) is 0 Å². The third kappa shape index (κ3) is 4.08. The monoisotopic (exact) mass is 352 g/mol. The number of nitrogens with zero attached hydrogens (tertiary/aromatic N) is 1. The first-order valence-corrected chi connectivity index (χ1v) is 8.58. The van der Waals surface area contributed by atoms with Crippen LogP contribution in [-0.2, 0) is 11.2 Å². The van der Waals surface area contributed by atoms with Crippen LogP contribution in [0.15, 0.2) is 52.3 Å². The number of aryl methyl sites for hydroxylation is 1. The maximum absolute atomic E-state index is 12.0. The Bertz CT molecular complexity index is 903. The van der Waals surface area contributed by atoms with Crippen LogP contribution in [0, 0.1) is 11.3 Å². The molecule has 2 aromatic heterocycles. The van der Waals surface area contributed by atoms with Crippen molar-refractivity contribution in [2.24, 2.45) is 0 Å². The fraction of sp³-hybridized carbons (Fsp3) is 0.158. The summed E-state index contributed by atoms with van der Waals surface area (Å²) in [6, 6.07) is 15.1. The zero-order chi connectivity index (χ0) is 17.6. The van der Waals surface area contributed by atoms with Crippen LogP contribution in [0.2, 0.25) is 0 Å². The van der Waals surface area contributed by atoms with Gasteiger partial charge in [0.1, 0.15) is 28.3 Å². The number of nitrogens with one attached hydrogen (secondary N) is 1. The number of carbonyl (C=O) groups is 1. The zero-order valence-corrected chi connectivity index (χ0v) is 14.4. The fourth-order valence-corrected chi connectivity index (χ4v) is 3.10. The Labute approximate surface area is 149 Å². The second-order valence-corrected chi connectivity index (χ2v) is 6.23. The third-order valence-electron chi connectivity index (χ3n) is 3.67. The Kier molecular flexibility index (Phi) is 5.17. The highest BCUT2D eigenvalue weighted by Crippen LogP contribution is 2.25. The molecule has 25 heavy (non-hydrogen) atoms. The molecule has 0 aliphatic carbocycles. The molecule has 0 radical (unpaired) electrons. The minimum absolute atomic E-state index is 0.138. The number of anilines is 1. The molecule has 0 saturated carbocycles. The van der Waals surface area contributed by atoms with Gasteiger partial charge in [0.15, 0.2) is 0 Å². The van der Waals surface area contributed by atoms with Crippen LogP contribution in [0.5, 0.6) is 5.75 Å². The minimum atomic E-state index is -0.138. The van der Waals surface area contributed by atoms with E-state index in [2.05, 4.69) is 11.4 Å². The first-order valence-electron chi connectivity index (χ1n) is 7.70. The van der Waals surface area contributed by atoms with Crippen molar-refractivity contribution in [3.8, 4) is 23.1 Å². The molecule has 0 atom stereocenters. The van der Waals surface area contributed by atoms with Gasteiger partial charge in [0, 0.05) is 18.4 Å². The lowest BCUT2D eigenvalue weighted by Gasteiger charge is -2.03. The number of thiophene rings is 1. The van der Waals surface area contributed by atoms with Crippen molar-refractivity contribution in [2.45, 2.75) is 12.8 Å². The van der Waals surface area contributed by atoms with Crippen LogP contribution in [-0.4, -0.2) is 13.0 Å². The average Bonchev–Trinajstić information content (AvgIpc) is 3.29. The SMILES string of the molecule is COc1ccc(-c2ccc(CCC(=O)Nc3sccc3C#N)o2)cc1. The zero-order valence-electron chi connectivity index (χ0n) is 13.6. The number of carbonyl (C=O) groups excluding carboxylic acids is 1. The van der Waals surface area contributed by atoms with Crippen LogP contribution >= 0.6 is 11.3 Å². The van der Waals surface area contributed by atoms with E-state index in [9.17, 15) is 4.79 Å². The van der Waals surface area contributed by atoms with E-state index in [4.69, 9.17) is 14.4 Å². The van der Waals surface area contributed by atoms with Gasteiger partial charge >= 0.3 is 0 Å². The Morgan fingerprint density at radius 3 is 2.76 bits per heavy atom. The molecular weight excluding hydrogens is 336 g/mol. The van der Waals surface area contributed by atoms with Crippen molar-refractivity contribution >= 4 is 22.2 Å². The maximum atomic E-state index is 12.0. The van der Waals surface area contributed by atoms with Gasteiger partial charge in [-0.15, -0.1) is 11.3 Å². The van der Waals surface area contributed by atoms with E-state index < -0.39 is 0 Å². The van der Waals surface area contributed by atoms with Gasteiger partial charge in [-0.1, -0.05) is 0 Å². The molecule has 5 nitrogen and oxygen atoms in total. The Hall–Kier alpha value is -3.04. The molecule has 1 N–H and O–H groups in total. The summed E-state index contributed by atoms with van der Waals surface area (Å²) < 4.78 is 10.9. The molecule has 0 bridgehead atoms. The lowest BCUT2D eigenvalue weighted by atomic mass is 10.2. The smallest absolute Gasteiger partial charge is 0.225 e. The van der Waals surface area contributed by atoms with E-state index in [0.29, 0.717) is 23.4 Å². The number of nitriles is 1. The molecule has 2 heterocycles.